The van der Waals surface area contributed by atoms with Gasteiger partial charge in [-0.15, -0.1) is 0 Å². The molecule has 5 heteroatoms. The summed E-state index contributed by atoms with van der Waals surface area (Å²) >= 11 is 0. The predicted molar refractivity (Wildman–Crippen MR) is 55.5 cm³/mol. The molecule has 0 aromatic heterocycles. The molecule has 0 aliphatic heterocycles. The molecule has 0 bridgehead atoms. The van der Waals surface area contributed by atoms with Crippen molar-refractivity contribution in [3.8, 4) is 0 Å². The zero-order chi connectivity index (χ0) is 11.5. The highest BCUT2D eigenvalue weighted by atomic mass is 32.2. The summed E-state index contributed by atoms with van der Waals surface area (Å²) in [6.07, 6.45) is 1.12. The smallest absolute Gasteiger partial charge is 0.338 e. The molecule has 0 radical (unpaired) electrons. The van der Waals surface area contributed by atoms with Gasteiger partial charge in [-0.2, -0.15) is 0 Å². The van der Waals surface area contributed by atoms with Crippen LogP contribution in [0.25, 0.3) is 0 Å². The van der Waals surface area contributed by atoms with E-state index < -0.39 is 15.8 Å². The van der Waals surface area contributed by atoms with Crippen LogP contribution in [0.2, 0.25) is 0 Å². The molecule has 0 spiro atoms. The molecule has 0 atom stereocenters. The van der Waals surface area contributed by atoms with Crippen molar-refractivity contribution in [1.29, 1.82) is 0 Å². The van der Waals surface area contributed by atoms with Crippen molar-refractivity contribution >= 4 is 15.8 Å². The van der Waals surface area contributed by atoms with Gasteiger partial charge in [-0.1, -0.05) is 0 Å². The van der Waals surface area contributed by atoms with Crippen molar-refractivity contribution in [2.75, 3.05) is 12.9 Å². The quantitative estimate of drug-likeness (QED) is 0.731. The summed E-state index contributed by atoms with van der Waals surface area (Å²) in [7, 11) is -3.21. The fourth-order valence-electron chi connectivity index (χ4n) is 1.05. The molecule has 0 saturated heterocycles. The van der Waals surface area contributed by atoms with Gasteiger partial charge >= 0.3 is 5.97 Å². The van der Waals surface area contributed by atoms with Crippen LogP contribution in [0, 0.1) is 0 Å². The number of ether oxygens (including phenoxy) is 1. The Morgan fingerprint density at radius 2 is 1.80 bits per heavy atom. The Morgan fingerprint density at radius 3 is 2.20 bits per heavy atom. The second-order valence-electron chi connectivity index (χ2n) is 3.02. The minimum atomic E-state index is -3.21. The van der Waals surface area contributed by atoms with E-state index in [-0.39, 0.29) is 4.90 Å². The average Bonchev–Trinajstić information content (AvgIpc) is 2.17. The van der Waals surface area contributed by atoms with E-state index in [4.69, 9.17) is 4.74 Å². The highest BCUT2D eigenvalue weighted by Gasteiger charge is 2.09. The van der Waals surface area contributed by atoms with E-state index in [1.165, 1.54) is 24.3 Å². The number of benzene rings is 1. The van der Waals surface area contributed by atoms with Crippen molar-refractivity contribution in [3.05, 3.63) is 29.8 Å². The summed E-state index contributed by atoms with van der Waals surface area (Å²) in [6, 6.07) is 5.66. The van der Waals surface area contributed by atoms with Gasteiger partial charge in [-0.25, -0.2) is 13.2 Å². The maximum atomic E-state index is 11.2. The number of hydrogen-bond acceptors (Lipinski definition) is 4. The number of esters is 1. The fraction of sp³-hybridized carbons (Fsp3) is 0.300. The lowest BCUT2D eigenvalue weighted by Gasteiger charge is -2.02. The first-order valence-corrected chi connectivity index (χ1v) is 6.31. The van der Waals surface area contributed by atoms with Crippen LogP contribution in [-0.4, -0.2) is 27.2 Å². The highest BCUT2D eigenvalue weighted by Crippen LogP contribution is 2.10. The molecular formula is C10H12O4S. The molecule has 0 unspecified atom stereocenters. The average molecular weight is 228 g/mol. The maximum absolute atomic E-state index is 11.2. The molecule has 0 N–H and O–H groups in total. The highest BCUT2D eigenvalue weighted by molar-refractivity contribution is 7.90. The third kappa shape index (κ3) is 3.06. The van der Waals surface area contributed by atoms with E-state index in [0.717, 1.165) is 6.26 Å². The van der Waals surface area contributed by atoms with Crippen LogP contribution in [0.3, 0.4) is 0 Å². The van der Waals surface area contributed by atoms with Crippen LogP contribution in [0.1, 0.15) is 17.3 Å². The van der Waals surface area contributed by atoms with Crippen molar-refractivity contribution < 1.29 is 17.9 Å². The molecule has 0 heterocycles. The third-order valence-electron chi connectivity index (χ3n) is 1.79. The fourth-order valence-corrected chi connectivity index (χ4v) is 1.68. The number of sulfone groups is 1. The van der Waals surface area contributed by atoms with Gasteiger partial charge in [-0.3, -0.25) is 0 Å². The van der Waals surface area contributed by atoms with E-state index in [1.54, 1.807) is 6.92 Å². The number of carbonyl (C=O) groups excluding carboxylic acids is 1. The maximum Gasteiger partial charge on any atom is 0.338 e. The van der Waals surface area contributed by atoms with E-state index in [1.807, 2.05) is 0 Å². The van der Waals surface area contributed by atoms with Gasteiger partial charge < -0.3 is 4.74 Å². The minimum Gasteiger partial charge on any atom is -0.462 e. The standard InChI is InChI=1S/C10H12O4S/c1-3-14-10(11)8-4-6-9(7-5-8)15(2,12)13/h4-7H,3H2,1-2H3. The lowest BCUT2D eigenvalue weighted by molar-refractivity contribution is 0.0526. The summed E-state index contributed by atoms with van der Waals surface area (Å²) in [5.41, 5.74) is 0.351. The summed E-state index contributed by atoms with van der Waals surface area (Å²) < 4.78 is 27.0. The van der Waals surface area contributed by atoms with Crippen LogP contribution in [0.15, 0.2) is 29.2 Å². The Hall–Kier alpha value is -1.36. The molecule has 1 rings (SSSR count). The zero-order valence-electron chi connectivity index (χ0n) is 8.56. The first kappa shape index (κ1) is 11.7. The minimum absolute atomic E-state index is 0.190. The van der Waals surface area contributed by atoms with Crippen LogP contribution in [0.4, 0.5) is 0 Å². The van der Waals surface area contributed by atoms with Crippen molar-refractivity contribution in [2.24, 2.45) is 0 Å². The third-order valence-corrected chi connectivity index (χ3v) is 2.92. The van der Waals surface area contributed by atoms with Crippen LogP contribution in [-0.2, 0) is 14.6 Å². The first-order chi connectivity index (χ1) is 6.95. The largest absolute Gasteiger partial charge is 0.462 e. The van der Waals surface area contributed by atoms with Gasteiger partial charge in [0.25, 0.3) is 0 Å². The van der Waals surface area contributed by atoms with Gasteiger partial charge in [0, 0.05) is 6.26 Å². The van der Waals surface area contributed by atoms with Gasteiger partial charge in [-0.05, 0) is 31.2 Å². The summed E-state index contributed by atoms with van der Waals surface area (Å²) in [4.78, 5) is 11.4. The van der Waals surface area contributed by atoms with Gasteiger partial charge in [0.1, 0.15) is 0 Å². The van der Waals surface area contributed by atoms with E-state index in [0.29, 0.717) is 12.2 Å². The molecular weight excluding hydrogens is 216 g/mol. The summed E-state index contributed by atoms with van der Waals surface area (Å²) in [5.74, 6) is -0.447. The Labute approximate surface area is 88.8 Å². The molecule has 82 valence electrons. The van der Waals surface area contributed by atoms with E-state index in [9.17, 15) is 13.2 Å². The molecule has 1 aromatic rings. The lowest BCUT2D eigenvalue weighted by atomic mass is 10.2. The van der Waals surface area contributed by atoms with Crippen molar-refractivity contribution in [2.45, 2.75) is 11.8 Å². The molecule has 0 aliphatic rings. The SMILES string of the molecule is CCOC(=O)c1ccc(S(C)(=O)=O)cc1. The molecule has 1 aromatic carbocycles. The predicted octanol–water partition coefficient (Wildman–Crippen LogP) is 1.27. The Kier molecular flexibility index (Phi) is 3.47. The Balaban J connectivity index is 2.96. The van der Waals surface area contributed by atoms with Gasteiger partial charge in [0.05, 0.1) is 17.1 Å². The molecule has 0 saturated carbocycles. The van der Waals surface area contributed by atoms with Crippen LogP contribution < -0.4 is 0 Å². The second kappa shape index (κ2) is 4.44. The second-order valence-corrected chi connectivity index (χ2v) is 5.03. The van der Waals surface area contributed by atoms with Crippen LogP contribution >= 0.6 is 0 Å². The molecule has 4 nitrogen and oxygen atoms in total. The topological polar surface area (TPSA) is 60.4 Å². The van der Waals surface area contributed by atoms with Crippen molar-refractivity contribution in [3.63, 3.8) is 0 Å². The zero-order valence-corrected chi connectivity index (χ0v) is 9.37. The monoisotopic (exact) mass is 228 g/mol. The Morgan fingerprint density at radius 1 is 1.27 bits per heavy atom. The van der Waals surface area contributed by atoms with Crippen LogP contribution in [0.5, 0.6) is 0 Å². The number of hydrogen-bond donors (Lipinski definition) is 0. The number of carbonyl (C=O) groups is 1. The van der Waals surface area contributed by atoms with E-state index >= 15 is 0 Å². The van der Waals surface area contributed by atoms with Crippen molar-refractivity contribution in [1.82, 2.24) is 0 Å². The lowest BCUT2D eigenvalue weighted by Crippen LogP contribution is -2.05. The molecule has 0 amide bonds. The molecule has 0 fully saturated rings. The van der Waals surface area contributed by atoms with E-state index in [2.05, 4.69) is 0 Å². The first-order valence-electron chi connectivity index (χ1n) is 4.42. The van der Waals surface area contributed by atoms with Gasteiger partial charge in [0.15, 0.2) is 9.84 Å². The van der Waals surface area contributed by atoms with Gasteiger partial charge in [0.2, 0.25) is 0 Å². The normalized spacial score (nSPS) is 11.1. The Bertz CT molecular complexity index is 445. The number of rotatable bonds is 3. The molecule has 0 aliphatic carbocycles. The summed E-state index contributed by atoms with van der Waals surface area (Å²) in [6.45, 7) is 2.01. The summed E-state index contributed by atoms with van der Waals surface area (Å²) in [5, 5.41) is 0. The molecule has 15 heavy (non-hydrogen) atoms.